The fourth-order valence-corrected chi connectivity index (χ4v) is 3.70. The van der Waals surface area contributed by atoms with Gasteiger partial charge in [-0.3, -0.25) is 0 Å². The third-order valence-electron chi connectivity index (χ3n) is 4.83. The van der Waals surface area contributed by atoms with Gasteiger partial charge in [0.25, 0.3) is 0 Å². The van der Waals surface area contributed by atoms with Crippen molar-refractivity contribution < 1.29 is 8.78 Å². The molecular weight excluding hydrogens is 246 g/mol. The summed E-state index contributed by atoms with van der Waals surface area (Å²) in [5, 5.41) is 3.27. The van der Waals surface area contributed by atoms with Crippen LogP contribution in [0.3, 0.4) is 0 Å². The molecule has 2 nitrogen and oxygen atoms in total. The van der Waals surface area contributed by atoms with Crippen LogP contribution in [0, 0.1) is 5.41 Å². The van der Waals surface area contributed by atoms with Crippen LogP contribution in [0.5, 0.6) is 0 Å². The lowest BCUT2D eigenvalue weighted by molar-refractivity contribution is -0.170. The maximum atomic E-state index is 12.9. The first-order valence-electron chi connectivity index (χ1n) is 6.99. The van der Waals surface area contributed by atoms with Gasteiger partial charge in [0, 0.05) is 56.0 Å². The topological polar surface area (TPSA) is 15.3 Å². The summed E-state index contributed by atoms with van der Waals surface area (Å²) in [6, 6.07) is 8.64. The molecule has 0 aromatic heterocycles. The van der Waals surface area contributed by atoms with Crippen LogP contribution in [-0.4, -0.2) is 32.1 Å². The van der Waals surface area contributed by atoms with E-state index in [-0.39, 0.29) is 18.3 Å². The molecule has 19 heavy (non-hydrogen) atoms. The van der Waals surface area contributed by atoms with Crippen molar-refractivity contribution in [1.29, 1.82) is 0 Å². The molecule has 1 N–H and O–H groups in total. The van der Waals surface area contributed by atoms with E-state index < -0.39 is 5.92 Å². The Bertz CT molecular complexity index is 477. The van der Waals surface area contributed by atoms with Crippen LogP contribution in [0.15, 0.2) is 24.3 Å². The van der Waals surface area contributed by atoms with E-state index in [4.69, 9.17) is 0 Å². The van der Waals surface area contributed by atoms with E-state index in [0.717, 1.165) is 26.2 Å². The fourth-order valence-electron chi connectivity index (χ4n) is 3.70. The van der Waals surface area contributed by atoms with Crippen molar-refractivity contribution in [3.05, 3.63) is 29.8 Å². The summed E-state index contributed by atoms with van der Waals surface area (Å²) in [5.41, 5.74) is 2.48. The molecule has 2 aliphatic heterocycles. The Morgan fingerprint density at radius 1 is 1.05 bits per heavy atom. The fraction of sp³-hybridized carbons (Fsp3) is 0.600. The normalized spacial score (nSPS) is 27.6. The zero-order chi connectivity index (χ0) is 13.1. The number of anilines is 1. The minimum Gasteiger partial charge on any atom is -0.370 e. The van der Waals surface area contributed by atoms with E-state index in [2.05, 4.69) is 34.5 Å². The van der Waals surface area contributed by atoms with Gasteiger partial charge in [0.05, 0.1) is 0 Å². The molecule has 3 fully saturated rings. The number of hydrogen-bond acceptors (Lipinski definition) is 2. The highest BCUT2D eigenvalue weighted by Crippen LogP contribution is 2.57. The SMILES string of the molecule is FC1(F)CC2(CN(c3ccc(C4CNC4)cc3)C2)C1. The molecule has 1 aliphatic carbocycles. The summed E-state index contributed by atoms with van der Waals surface area (Å²) in [6.45, 7) is 3.74. The van der Waals surface area contributed by atoms with E-state index in [1.165, 1.54) is 11.3 Å². The van der Waals surface area contributed by atoms with Crippen LogP contribution in [0.1, 0.15) is 24.3 Å². The Kier molecular flexibility index (Phi) is 2.26. The maximum Gasteiger partial charge on any atom is 0.249 e. The lowest BCUT2D eigenvalue weighted by Crippen LogP contribution is -2.66. The standard InChI is InChI=1S/C15H18F2N2/c16-15(17)7-14(8-15)9-19(10-14)13-3-1-11(2-4-13)12-5-18-6-12/h1-4,12,18H,5-10H2. The summed E-state index contributed by atoms with van der Waals surface area (Å²) in [6.07, 6.45) is 0.171. The van der Waals surface area contributed by atoms with E-state index in [0.29, 0.717) is 5.92 Å². The average Bonchev–Trinajstić information content (AvgIpc) is 2.21. The van der Waals surface area contributed by atoms with Gasteiger partial charge in [-0.2, -0.15) is 0 Å². The van der Waals surface area contributed by atoms with E-state index in [1.54, 1.807) is 0 Å². The van der Waals surface area contributed by atoms with Crippen LogP contribution in [0.4, 0.5) is 14.5 Å². The van der Waals surface area contributed by atoms with Crippen LogP contribution in [0.2, 0.25) is 0 Å². The number of benzene rings is 1. The zero-order valence-electron chi connectivity index (χ0n) is 10.8. The molecule has 0 atom stereocenters. The molecule has 3 aliphatic rings. The number of hydrogen-bond donors (Lipinski definition) is 1. The Morgan fingerprint density at radius 2 is 1.68 bits per heavy atom. The van der Waals surface area contributed by atoms with Gasteiger partial charge in [0.15, 0.2) is 0 Å². The lowest BCUT2D eigenvalue weighted by atomic mass is 9.61. The predicted molar refractivity (Wildman–Crippen MR) is 70.9 cm³/mol. The summed E-state index contributed by atoms with van der Waals surface area (Å²) in [5.74, 6) is -1.74. The highest BCUT2D eigenvalue weighted by atomic mass is 19.3. The van der Waals surface area contributed by atoms with Crippen molar-refractivity contribution in [3.63, 3.8) is 0 Å². The molecule has 4 rings (SSSR count). The minimum atomic E-state index is -2.40. The molecule has 102 valence electrons. The van der Waals surface area contributed by atoms with Crippen molar-refractivity contribution in [3.8, 4) is 0 Å². The molecule has 1 aromatic carbocycles. The molecule has 2 heterocycles. The first kappa shape index (κ1) is 11.6. The molecule has 0 unspecified atom stereocenters. The predicted octanol–water partition coefficient (Wildman–Crippen LogP) is 2.61. The van der Waals surface area contributed by atoms with Crippen LogP contribution >= 0.6 is 0 Å². The highest BCUT2D eigenvalue weighted by Gasteiger charge is 2.61. The highest BCUT2D eigenvalue weighted by molar-refractivity contribution is 5.52. The van der Waals surface area contributed by atoms with Crippen LogP contribution < -0.4 is 10.2 Å². The Hall–Kier alpha value is -1.16. The van der Waals surface area contributed by atoms with Gasteiger partial charge in [-0.25, -0.2) is 8.78 Å². The van der Waals surface area contributed by atoms with E-state index in [1.807, 2.05) is 0 Å². The van der Waals surface area contributed by atoms with Crippen molar-refractivity contribution in [1.82, 2.24) is 5.32 Å². The molecule has 0 bridgehead atoms. The largest absolute Gasteiger partial charge is 0.370 e. The molecule has 0 amide bonds. The lowest BCUT2D eigenvalue weighted by Gasteiger charge is -2.59. The Morgan fingerprint density at radius 3 is 2.16 bits per heavy atom. The monoisotopic (exact) mass is 264 g/mol. The van der Waals surface area contributed by atoms with Gasteiger partial charge in [0.1, 0.15) is 0 Å². The van der Waals surface area contributed by atoms with Crippen LogP contribution in [-0.2, 0) is 0 Å². The molecule has 4 heteroatoms. The molecule has 2 saturated heterocycles. The van der Waals surface area contributed by atoms with Crippen molar-refractivity contribution >= 4 is 5.69 Å². The third-order valence-corrected chi connectivity index (χ3v) is 4.83. The molecule has 0 radical (unpaired) electrons. The summed E-state index contributed by atoms with van der Waals surface area (Å²) >= 11 is 0. The molecular formula is C15H18F2N2. The second-order valence-electron chi connectivity index (χ2n) is 6.51. The van der Waals surface area contributed by atoms with Gasteiger partial charge in [0.2, 0.25) is 5.92 Å². The van der Waals surface area contributed by atoms with Gasteiger partial charge in [-0.05, 0) is 17.7 Å². The molecule has 1 spiro atoms. The van der Waals surface area contributed by atoms with Gasteiger partial charge < -0.3 is 10.2 Å². The van der Waals surface area contributed by atoms with Crippen molar-refractivity contribution in [2.45, 2.75) is 24.7 Å². The zero-order valence-corrected chi connectivity index (χ0v) is 10.8. The maximum absolute atomic E-state index is 12.9. The molecule has 1 aromatic rings. The van der Waals surface area contributed by atoms with Gasteiger partial charge in [-0.1, -0.05) is 12.1 Å². The number of nitrogens with zero attached hydrogens (tertiary/aromatic N) is 1. The Balaban J connectivity index is 1.39. The van der Waals surface area contributed by atoms with Crippen molar-refractivity contribution in [2.24, 2.45) is 5.41 Å². The number of nitrogens with one attached hydrogen (secondary N) is 1. The Labute approximate surface area is 111 Å². The second kappa shape index (κ2) is 3.69. The van der Waals surface area contributed by atoms with Crippen LogP contribution in [0.25, 0.3) is 0 Å². The second-order valence-corrected chi connectivity index (χ2v) is 6.51. The number of alkyl halides is 2. The van der Waals surface area contributed by atoms with E-state index in [9.17, 15) is 8.78 Å². The quantitative estimate of drug-likeness (QED) is 0.883. The van der Waals surface area contributed by atoms with Crippen molar-refractivity contribution in [2.75, 3.05) is 31.1 Å². The summed E-state index contributed by atoms with van der Waals surface area (Å²) in [4.78, 5) is 2.22. The van der Waals surface area contributed by atoms with E-state index >= 15 is 0 Å². The number of rotatable bonds is 2. The van der Waals surface area contributed by atoms with Gasteiger partial charge in [-0.15, -0.1) is 0 Å². The summed E-state index contributed by atoms with van der Waals surface area (Å²) < 4.78 is 25.9. The first-order chi connectivity index (χ1) is 9.05. The number of halogens is 2. The minimum absolute atomic E-state index is 0.0833. The molecule has 1 saturated carbocycles. The average molecular weight is 264 g/mol. The smallest absolute Gasteiger partial charge is 0.249 e. The van der Waals surface area contributed by atoms with Gasteiger partial charge >= 0.3 is 0 Å². The third kappa shape index (κ3) is 1.84. The first-order valence-corrected chi connectivity index (χ1v) is 6.99. The summed E-state index contributed by atoms with van der Waals surface area (Å²) in [7, 11) is 0.